The van der Waals surface area contributed by atoms with Crippen molar-refractivity contribution >= 4 is 34.9 Å². The first-order chi connectivity index (χ1) is 16.5. The van der Waals surface area contributed by atoms with Gasteiger partial charge in [0.1, 0.15) is 0 Å². The van der Waals surface area contributed by atoms with Crippen LogP contribution in [0.2, 0.25) is 0 Å². The molecule has 6 nitrogen and oxygen atoms in total. The van der Waals surface area contributed by atoms with E-state index in [4.69, 9.17) is 17.2 Å². The molecule has 0 saturated carbocycles. The molecule has 34 heavy (non-hydrogen) atoms. The van der Waals surface area contributed by atoms with Crippen LogP contribution < -0.4 is 10.6 Å². The average Bonchev–Trinajstić information content (AvgIpc) is 2.81. The predicted molar refractivity (Wildman–Crippen MR) is 144 cm³/mol. The fraction of sp³-hybridized carbons (Fsp3) is 0.333. The summed E-state index contributed by atoms with van der Waals surface area (Å²) in [7, 11) is 0. The first-order valence-corrected chi connectivity index (χ1v) is 12.2. The van der Waals surface area contributed by atoms with Gasteiger partial charge in [-0.15, -0.1) is 0 Å². The van der Waals surface area contributed by atoms with E-state index in [1.54, 1.807) is 0 Å². The Hall–Kier alpha value is -3.32. The zero-order chi connectivity index (χ0) is 23.9. The number of nitrogens with zero attached hydrogens (tertiary/aromatic N) is 4. The molecular formula is C27H32N6S. The average molecular weight is 473 g/mol. The lowest BCUT2D eigenvalue weighted by atomic mass is 9.90. The van der Waals surface area contributed by atoms with E-state index in [0.29, 0.717) is 22.9 Å². The number of benzene rings is 2. The number of hydrogen-bond acceptors (Lipinski definition) is 3. The highest BCUT2D eigenvalue weighted by atomic mass is 32.1. The number of aryl methyl sites for hydroxylation is 3. The largest absolute Gasteiger partial charge is 0.342 e. The number of likely N-dealkylation sites (tertiary alicyclic amines) is 1. The maximum atomic E-state index is 5.61. The van der Waals surface area contributed by atoms with Crippen LogP contribution in [0.1, 0.15) is 35.4 Å². The van der Waals surface area contributed by atoms with Gasteiger partial charge in [0.15, 0.2) is 0 Å². The second-order valence-electron chi connectivity index (χ2n) is 8.90. The maximum Gasteiger partial charge on any atom is 0.229 e. The lowest BCUT2D eigenvalue weighted by Gasteiger charge is -2.34. The Balaban J connectivity index is 1.49. The molecule has 1 fully saturated rings. The van der Waals surface area contributed by atoms with Crippen molar-refractivity contribution in [3.8, 4) is 0 Å². The highest BCUT2D eigenvalue weighted by Crippen LogP contribution is 2.22. The van der Waals surface area contributed by atoms with Crippen LogP contribution in [0.15, 0.2) is 65.7 Å². The summed E-state index contributed by atoms with van der Waals surface area (Å²) in [4.78, 5) is 16.1. The van der Waals surface area contributed by atoms with Gasteiger partial charge in [0.2, 0.25) is 17.0 Å². The van der Waals surface area contributed by atoms with E-state index < -0.39 is 0 Å². The van der Waals surface area contributed by atoms with Gasteiger partial charge in [0, 0.05) is 30.2 Å². The number of thiocarbonyl (C=S) groups is 1. The predicted octanol–water partition coefficient (Wildman–Crippen LogP) is 5.52. The molecule has 2 N–H and O–H groups in total. The number of rotatable bonds is 4. The minimum atomic E-state index is 0.410. The van der Waals surface area contributed by atoms with Crippen LogP contribution in [0.5, 0.6) is 0 Å². The first kappa shape index (κ1) is 23.8. The van der Waals surface area contributed by atoms with Crippen molar-refractivity contribution < 1.29 is 0 Å². The van der Waals surface area contributed by atoms with Gasteiger partial charge in [0.05, 0.1) is 0 Å². The van der Waals surface area contributed by atoms with E-state index in [1.807, 2.05) is 38.1 Å². The summed E-state index contributed by atoms with van der Waals surface area (Å²) in [6.07, 6.45) is 3.31. The smallest absolute Gasteiger partial charge is 0.229 e. The van der Waals surface area contributed by atoms with E-state index in [1.165, 1.54) is 5.56 Å². The van der Waals surface area contributed by atoms with Crippen molar-refractivity contribution in [2.75, 3.05) is 23.7 Å². The Morgan fingerprint density at radius 1 is 0.941 bits per heavy atom. The van der Waals surface area contributed by atoms with Crippen LogP contribution in [-0.2, 0) is 6.42 Å². The molecule has 1 aliphatic heterocycles. The Morgan fingerprint density at radius 3 is 2.26 bits per heavy atom. The van der Waals surface area contributed by atoms with Gasteiger partial charge in [0.25, 0.3) is 0 Å². The van der Waals surface area contributed by atoms with Crippen molar-refractivity contribution in [3.05, 3.63) is 83.2 Å². The zero-order valence-corrected chi connectivity index (χ0v) is 20.9. The standard InChI is InChI=1S/C27H32N6S/c1-19-9-7-8-12-24(19)30-27(34)32-26(31-25-28-20(2)17-21(3)29-25)33-15-13-23(14-16-33)18-22-10-5-4-6-11-22/h4-12,17,23H,13-16,18H2,1-3H3,(H2,28,29,30,31,32,34). The third-order valence-corrected chi connectivity index (χ3v) is 6.27. The molecular weight excluding hydrogens is 440 g/mol. The minimum absolute atomic E-state index is 0.410. The van der Waals surface area contributed by atoms with Crippen LogP contribution >= 0.6 is 12.2 Å². The lowest BCUT2D eigenvalue weighted by Crippen LogP contribution is -2.43. The van der Waals surface area contributed by atoms with Gasteiger partial charge in [-0.1, -0.05) is 48.5 Å². The van der Waals surface area contributed by atoms with Crippen molar-refractivity contribution in [2.45, 2.75) is 40.0 Å². The fourth-order valence-electron chi connectivity index (χ4n) is 4.31. The number of aliphatic imine (C=N–C) groups is 1. The number of anilines is 2. The number of guanidine groups is 1. The second-order valence-corrected chi connectivity index (χ2v) is 9.29. The number of nitrogens with one attached hydrogen (secondary N) is 2. The van der Waals surface area contributed by atoms with Crippen molar-refractivity contribution in [1.29, 1.82) is 0 Å². The summed E-state index contributed by atoms with van der Waals surface area (Å²) in [5.74, 6) is 1.89. The molecule has 176 valence electrons. The molecule has 3 aromatic rings. The highest BCUT2D eigenvalue weighted by molar-refractivity contribution is 7.80. The molecule has 1 aromatic heterocycles. The number of aromatic nitrogens is 2. The van der Waals surface area contributed by atoms with Crippen molar-refractivity contribution in [1.82, 2.24) is 14.9 Å². The topological polar surface area (TPSA) is 65.4 Å². The summed E-state index contributed by atoms with van der Waals surface area (Å²) in [5, 5.41) is 7.03. The van der Waals surface area contributed by atoms with Gasteiger partial charge >= 0.3 is 0 Å². The van der Waals surface area contributed by atoms with E-state index in [9.17, 15) is 0 Å². The zero-order valence-electron chi connectivity index (χ0n) is 20.1. The summed E-state index contributed by atoms with van der Waals surface area (Å²) in [5.41, 5.74) is 5.31. The van der Waals surface area contributed by atoms with Gasteiger partial charge in [-0.05, 0) is 81.4 Å². The molecule has 0 radical (unpaired) electrons. The Morgan fingerprint density at radius 2 is 1.59 bits per heavy atom. The fourth-order valence-corrected chi connectivity index (χ4v) is 4.50. The molecule has 0 bridgehead atoms. The summed E-state index contributed by atoms with van der Waals surface area (Å²) < 4.78 is 0. The molecule has 0 spiro atoms. The third-order valence-electron chi connectivity index (χ3n) is 6.08. The molecule has 2 heterocycles. The van der Waals surface area contributed by atoms with Crippen LogP contribution in [0.25, 0.3) is 0 Å². The van der Waals surface area contributed by atoms with Crippen LogP contribution in [0, 0.1) is 26.7 Å². The van der Waals surface area contributed by atoms with Crippen LogP contribution in [0.4, 0.5) is 11.6 Å². The normalized spacial score (nSPS) is 14.7. The molecule has 2 aromatic carbocycles. The first-order valence-electron chi connectivity index (χ1n) is 11.8. The molecule has 0 unspecified atom stereocenters. The van der Waals surface area contributed by atoms with E-state index in [2.05, 4.69) is 68.8 Å². The minimum Gasteiger partial charge on any atom is -0.342 e. The molecule has 1 aliphatic rings. The quantitative estimate of drug-likeness (QED) is 0.296. The van der Waals surface area contributed by atoms with Crippen LogP contribution in [-0.4, -0.2) is 39.0 Å². The van der Waals surface area contributed by atoms with Gasteiger partial charge in [-0.25, -0.2) is 9.97 Å². The van der Waals surface area contributed by atoms with E-state index >= 15 is 0 Å². The van der Waals surface area contributed by atoms with E-state index in [-0.39, 0.29) is 0 Å². The number of hydrogen-bond donors (Lipinski definition) is 2. The highest BCUT2D eigenvalue weighted by Gasteiger charge is 2.23. The number of piperidine rings is 1. The SMILES string of the molecule is Cc1cc(C)nc(N/C(=N/C(=S)Nc2ccccc2C)N2CCC(Cc3ccccc3)CC2)n1. The Kier molecular flexibility index (Phi) is 7.85. The molecule has 1 saturated heterocycles. The monoisotopic (exact) mass is 472 g/mol. The van der Waals surface area contributed by atoms with Gasteiger partial charge < -0.3 is 10.2 Å². The Labute approximate surface area is 207 Å². The second kappa shape index (κ2) is 11.2. The van der Waals surface area contributed by atoms with Gasteiger partial charge in [-0.2, -0.15) is 4.99 Å². The van der Waals surface area contributed by atoms with Crippen molar-refractivity contribution in [3.63, 3.8) is 0 Å². The lowest BCUT2D eigenvalue weighted by molar-refractivity contribution is 0.265. The van der Waals surface area contributed by atoms with Gasteiger partial charge in [-0.3, -0.25) is 5.32 Å². The third kappa shape index (κ3) is 6.60. The molecule has 0 aliphatic carbocycles. The Bertz CT molecular complexity index is 1130. The molecule has 0 amide bonds. The van der Waals surface area contributed by atoms with E-state index in [0.717, 1.165) is 55.0 Å². The van der Waals surface area contributed by atoms with Crippen LogP contribution in [0.3, 0.4) is 0 Å². The summed E-state index contributed by atoms with van der Waals surface area (Å²) in [6.45, 7) is 7.79. The number of para-hydroxylation sites is 1. The molecule has 4 rings (SSSR count). The van der Waals surface area contributed by atoms with Crippen molar-refractivity contribution in [2.24, 2.45) is 10.9 Å². The summed E-state index contributed by atoms with van der Waals surface area (Å²) >= 11 is 5.61. The molecule has 7 heteroatoms. The summed E-state index contributed by atoms with van der Waals surface area (Å²) in [6, 6.07) is 20.8. The molecule has 0 atom stereocenters. The maximum absolute atomic E-state index is 5.61.